The quantitative estimate of drug-likeness (QED) is 0.854. The topological polar surface area (TPSA) is 58.6 Å². The molecular weight excluding hydrogens is 268 g/mol. The van der Waals surface area contributed by atoms with Crippen LogP contribution in [-0.2, 0) is 14.3 Å². The maximum absolute atomic E-state index is 13.0. The molecule has 0 aliphatic carbocycles. The van der Waals surface area contributed by atoms with E-state index < -0.39 is 0 Å². The second-order valence-electron chi connectivity index (χ2n) is 6.72. The van der Waals surface area contributed by atoms with Gasteiger partial charge in [-0.2, -0.15) is 0 Å². The van der Waals surface area contributed by atoms with Crippen LogP contribution in [0.2, 0.25) is 0 Å². The molecule has 3 rings (SSSR count). The lowest BCUT2D eigenvalue weighted by Crippen LogP contribution is -2.68. The molecule has 2 bridgehead atoms. The summed E-state index contributed by atoms with van der Waals surface area (Å²) in [5.41, 5.74) is 0. The van der Waals surface area contributed by atoms with E-state index in [-0.39, 0.29) is 48.1 Å². The van der Waals surface area contributed by atoms with Gasteiger partial charge in [-0.05, 0) is 31.6 Å². The highest BCUT2D eigenvalue weighted by Crippen LogP contribution is 2.39. The van der Waals surface area contributed by atoms with Gasteiger partial charge in [0.25, 0.3) is 0 Å². The predicted molar refractivity (Wildman–Crippen MR) is 78.6 cm³/mol. The van der Waals surface area contributed by atoms with Crippen molar-refractivity contribution in [3.05, 3.63) is 0 Å². The lowest BCUT2D eigenvalue weighted by atomic mass is 9.88. The van der Waals surface area contributed by atoms with Crippen molar-refractivity contribution in [1.82, 2.24) is 10.2 Å². The Kier molecular flexibility index (Phi) is 3.95. The molecule has 0 spiro atoms. The van der Waals surface area contributed by atoms with Gasteiger partial charge >= 0.3 is 0 Å². The Balaban J connectivity index is 1.86. The summed E-state index contributed by atoms with van der Waals surface area (Å²) in [4.78, 5) is 27.3. The zero-order chi connectivity index (χ0) is 15.1. The standard InChI is InChI=1S/C16H26N2O3/c1-4-9(3)14-16(20)18(11(5-2)15(19)17-14)12-8-10-6-7-13(12)21-10/h9-14H,4-8H2,1-3H3,(H,17,19). The molecule has 21 heavy (non-hydrogen) atoms. The van der Waals surface area contributed by atoms with Crippen molar-refractivity contribution >= 4 is 11.8 Å². The van der Waals surface area contributed by atoms with Gasteiger partial charge in [-0.3, -0.25) is 9.59 Å². The third-order valence-electron chi connectivity index (χ3n) is 5.49. The van der Waals surface area contributed by atoms with Gasteiger partial charge in [0.05, 0.1) is 18.2 Å². The van der Waals surface area contributed by atoms with E-state index in [0.717, 1.165) is 25.7 Å². The molecule has 2 amide bonds. The van der Waals surface area contributed by atoms with E-state index in [1.165, 1.54) is 0 Å². The number of ether oxygens (including phenoxy) is 1. The first-order valence-corrected chi connectivity index (χ1v) is 8.34. The van der Waals surface area contributed by atoms with E-state index in [1.807, 2.05) is 18.7 Å². The molecule has 3 aliphatic rings. The monoisotopic (exact) mass is 294 g/mol. The first kappa shape index (κ1) is 14.8. The fraction of sp³-hybridized carbons (Fsp3) is 0.875. The van der Waals surface area contributed by atoms with Crippen LogP contribution in [-0.4, -0.2) is 47.0 Å². The Labute approximate surface area is 126 Å². The van der Waals surface area contributed by atoms with E-state index in [2.05, 4.69) is 12.2 Å². The minimum absolute atomic E-state index is 0.00479. The SMILES string of the molecule is CCC(C)C1NC(=O)C(CC)N(C2CC3CCC2O3)C1=O. The third-order valence-corrected chi connectivity index (χ3v) is 5.49. The summed E-state index contributed by atoms with van der Waals surface area (Å²) < 4.78 is 5.91. The Hall–Kier alpha value is -1.10. The van der Waals surface area contributed by atoms with Gasteiger partial charge < -0.3 is 15.0 Å². The smallest absolute Gasteiger partial charge is 0.246 e. The molecule has 5 heteroatoms. The Bertz CT molecular complexity index is 439. The molecule has 0 aromatic rings. The van der Waals surface area contributed by atoms with Crippen molar-refractivity contribution in [2.24, 2.45) is 5.92 Å². The van der Waals surface area contributed by atoms with Gasteiger partial charge in [-0.25, -0.2) is 0 Å². The second-order valence-corrected chi connectivity index (χ2v) is 6.72. The lowest BCUT2D eigenvalue weighted by Gasteiger charge is -2.45. The summed E-state index contributed by atoms with van der Waals surface area (Å²) in [6.45, 7) is 6.06. The Morgan fingerprint density at radius 3 is 2.62 bits per heavy atom. The van der Waals surface area contributed by atoms with E-state index in [1.54, 1.807) is 0 Å². The average Bonchev–Trinajstić information content (AvgIpc) is 3.10. The van der Waals surface area contributed by atoms with Crippen LogP contribution in [0.25, 0.3) is 0 Å². The first-order valence-electron chi connectivity index (χ1n) is 8.34. The Morgan fingerprint density at radius 1 is 1.33 bits per heavy atom. The molecule has 5 nitrogen and oxygen atoms in total. The lowest BCUT2D eigenvalue weighted by molar-refractivity contribution is -0.155. The summed E-state index contributed by atoms with van der Waals surface area (Å²) in [5, 5.41) is 2.94. The van der Waals surface area contributed by atoms with Gasteiger partial charge in [-0.15, -0.1) is 0 Å². The van der Waals surface area contributed by atoms with Crippen LogP contribution in [0.15, 0.2) is 0 Å². The van der Waals surface area contributed by atoms with Crippen LogP contribution >= 0.6 is 0 Å². The van der Waals surface area contributed by atoms with Crippen molar-refractivity contribution < 1.29 is 14.3 Å². The van der Waals surface area contributed by atoms with Crippen LogP contribution in [0.1, 0.15) is 52.9 Å². The van der Waals surface area contributed by atoms with Crippen LogP contribution < -0.4 is 5.32 Å². The first-order chi connectivity index (χ1) is 10.1. The number of hydrogen-bond donors (Lipinski definition) is 1. The molecule has 6 unspecified atom stereocenters. The number of carbonyl (C=O) groups excluding carboxylic acids is 2. The van der Waals surface area contributed by atoms with Gasteiger partial charge in [0.1, 0.15) is 12.1 Å². The van der Waals surface area contributed by atoms with Crippen molar-refractivity contribution in [2.75, 3.05) is 0 Å². The highest BCUT2D eigenvalue weighted by molar-refractivity contribution is 5.97. The minimum atomic E-state index is -0.371. The summed E-state index contributed by atoms with van der Waals surface area (Å²) in [5.74, 6) is 0.267. The van der Waals surface area contributed by atoms with Gasteiger partial charge in [-0.1, -0.05) is 27.2 Å². The molecule has 1 N–H and O–H groups in total. The molecule has 0 aromatic heterocycles. The molecule has 3 heterocycles. The molecule has 0 aromatic carbocycles. The fourth-order valence-electron chi connectivity index (χ4n) is 4.05. The average molecular weight is 294 g/mol. The summed E-state index contributed by atoms with van der Waals surface area (Å²) in [6.07, 6.45) is 4.99. The number of nitrogens with zero attached hydrogens (tertiary/aromatic N) is 1. The molecule has 6 atom stereocenters. The summed E-state index contributed by atoms with van der Waals surface area (Å²) >= 11 is 0. The van der Waals surface area contributed by atoms with E-state index in [4.69, 9.17) is 4.74 Å². The summed E-state index contributed by atoms with van der Waals surface area (Å²) in [6, 6.07) is -0.603. The minimum Gasteiger partial charge on any atom is -0.373 e. The molecule has 0 radical (unpaired) electrons. The zero-order valence-electron chi connectivity index (χ0n) is 13.2. The number of hydrogen-bond acceptors (Lipinski definition) is 3. The maximum Gasteiger partial charge on any atom is 0.246 e. The molecule has 0 saturated carbocycles. The zero-order valence-corrected chi connectivity index (χ0v) is 13.2. The number of rotatable bonds is 4. The van der Waals surface area contributed by atoms with E-state index in [9.17, 15) is 9.59 Å². The number of amides is 2. The number of piperazine rings is 1. The third kappa shape index (κ3) is 2.35. The second kappa shape index (κ2) is 5.59. The molecular formula is C16H26N2O3. The Morgan fingerprint density at radius 2 is 2.10 bits per heavy atom. The normalized spacial score (nSPS) is 40.5. The van der Waals surface area contributed by atoms with Crippen molar-refractivity contribution in [3.63, 3.8) is 0 Å². The van der Waals surface area contributed by atoms with Crippen LogP contribution in [0.3, 0.4) is 0 Å². The highest BCUT2D eigenvalue weighted by atomic mass is 16.5. The van der Waals surface area contributed by atoms with Crippen LogP contribution in [0.4, 0.5) is 0 Å². The molecule has 3 fully saturated rings. The maximum atomic E-state index is 13.0. The van der Waals surface area contributed by atoms with Crippen LogP contribution in [0.5, 0.6) is 0 Å². The van der Waals surface area contributed by atoms with Gasteiger partial charge in [0, 0.05) is 0 Å². The van der Waals surface area contributed by atoms with Crippen molar-refractivity contribution in [2.45, 2.75) is 83.2 Å². The van der Waals surface area contributed by atoms with Crippen molar-refractivity contribution in [3.8, 4) is 0 Å². The van der Waals surface area contributed by atoms with Crippen LogP contribution in [0, 0.1) is 5.92 Å². The number of nitrogens with one attached hydrogen (secondary N) is 1. The molecule has 118 valence electrons. The fourth-order valence-corrected chi connectivity index (χ4v) is 4.05. The number of fused-ring (bicyclic) bond motifs is 2. The summed E-state index contributed by atoms with van der Waals surface area (Å²) in [7, 11) is 0. The van der Waals surface area contributed by atoms with E-state index >= 15 is 0 Å². The highest BCUT2D eigenvalue weighted by Gasteiger charge is 2.51. The van der Waals surface area contributed by atoms with E-state index in [0.29, 0.717) is 6.42 Å². The number of carbonyl (C=O) groups is 2. The molecule has 3 saturated heterocycles. The largest absolute Gasteiger partial charge is 0.373 e. The molecule has 3 aliphatic heterocycles. The van der Waals surface area contributed by atoms with Crippen molar-refractivity contribution in [1.29, 1.82) is 0 Å². The van der Waals surface area contributed by atoms with Gasteiger partial charge in [0.15, 0.2) is 0 Å². The van der Waals surface area contributed by atoms with Gasteiger partial charge in [0.2, 0.25) is 11.8 Å². The predicted octanol–water partition coefficient (Wildman–Crippen LogP) is 1.46.